The zero-order valence-corrected chi connectivity index (χ0v) is 12.5. The molecule has 0 aromatic heterocycles. The second kappa shape index (κ2) is 4.63. The third-order valence-corrected chi connectivity index (χ3v) is 5.41. The monoisotopic (exact) mass is 286 g/mol. The highest BCUT2D eigenvalue weighted by molar-refractivity contribution is 5.98. The van der Waals surface area contributed by atoms with Crippen molar-refractivity contribution in [3.63, 3.8) is 0 Å². The second-order valence-corrected chi connectivity index (χ2v) is 6.35. The van der Waals surface area contributed by atoms with E-state index < -0.39 is 0 Å². The number of anilines is 1. The SMILES string of the molecule is COc1ccc(N2C(N)=NCC23CCN2CCC3C2)cc1. The third kappa shape index (κ3) is 1.83. The van der Waals surface area contributed by atoms with Crippen LogP contribution >= 0.6 is 0 Å². The third-order valence-electron chi connectivity index (χ3n) is 5.41. The molecule has 3 heterocycles. The highest BCUT2D eigenvalue weighted by atomic mass is 16.5. The van der Waals surface area contributed by atoms with Crippen molar-refractivity contribution >= 4 is 11.6 Å². The first-order valence-corrected chi connectivity index (χ1v) is 7.69. The van der Waals surface area contributed by atoms with Crippen LogP contribution in [0.5, 0.6) is 5.75 Å². The molecular formula is C16H22N4O. The largest absolute Gasteiger partial charge is 0.497 e. The molecule has 0 aliphatic carbocycles. The molecule has 0 radical (unpaired) electrons. The van der Waals surface area contributed by atoms with Crippen LogP contribution in [0.15, 0.2) is 29.3 Å². The summed E-state index contributed by atoms with van der Waals surface area (Å²) < 4.78 is 5.26. The highest BCUT2D eigenvalue weighted by Crippen LogP contribution is 2.44. The van der Waals surface area contributed by atoms with Crippen LogP contribution in [0.25, 0.3) is 0 Å². The van der Waals surface area contributed by atoms with E-state index in [4.69, 9.17) is 10.5 Å². The maximum Gasteiger partial charge on any atom is 0.196 e. The molecule has 3 aliphatic heterocycles. The fraction of sp³-hybridized carbons (Fsp3) is 0.562. The van der Waals surface area contributed by atoms with Gasteiger partial charge in [-0.1, -0.05) is 0 Å². The van der Waals surface area contributed by atoms with Gasteiger partial charge in [0.2, 0.25) is 0 Å². The van der Waals surface area contributed by atoms with Crippen LogP contribution in [0.2, 0.25) is 0 Å². The van der Waals surface area contributed by atoms with Crippen molar-refractivity contribution in [2.75, 3.05) is 38.2 Å². The van der Waals surface area contributed by atoms with Gasteiger partial charge < -0.3 is 20.3 Å². The van der Waals surface area contributed by atoms with E-state index in [0.29, 0.717) is 11.9 Å². The predicted molar refractivity (Wildman–Crippen MR) is 83.9 cm³/mol. The van der Waals surface area contributed by atoms with Gasteiger partial charge >= 0.3 is 0 Å². The topological polar surface area (TPSA) is 54.1 Å². The molecule has 2 saturated heterocycles. The van der Waals surface area contributed by atoms with Crippen LogP contribution in [0, 0.1) is 5.92 Å². The molecule has 0 saturated carbocycles. The van der Waals surface area contributed by atoms with Gasteiger partial charge in [-0.2, -0.15) is 0 Å². The van der Waals surface area contributed by atoms with Gasteiger partial charge in [0.25, 0.3) is 0 Å². The standard InChI is InChI=1S/C16H22N4O/c1-21-14-4-2-13(3-5-14)20-15(17)18-11-16(20)7-9-19-8-6-12(16)10-19/h2-5,12H,6-11H2,1H3,(H2,17,18). The van der Waals surface area contributed by atoms with E-state index in [9.17, 15) is 0 Å². The Morgan fingerprint density at radius 1 is 1.29 bits per heavy atom. The summed E-state index contributed by atoms with van der Waals surface area (Å²) in [6, 6.07) is 8.18. The van der Waals surface area contributed by atoms with Crippen molar-refractivity contribution < 1.29 is 4.74 Å². The zero-order valence-electron chi connectivity index (χ0n) is 12.5. The number of guanidine groups is 1. The Labute approximate surface area is 125 Å². The molecule has 1 aromatic carbocycles. The Balaban J connectivity index is 1.71. The fourth-order valence-electron chi connectivity index (χ4n) is 4.24. The number of nitrogens with two attached hydrogens (primary N) is 1. The van der Waals surface area contributed by atoms with Gasteiger partial charge in [0, 0.05) is 18.8 Å². The van der Waals surface area contributed by atoms with E-state index in [1.165, 1.54) is 19.5 Å². The van der Waals surface area contributed by atoms with E-state index in [1.54, 1.807) is 7.11 Å². The van der Waals surface area contributed by atoms with E-state index in [1.807, 2.05) is 12.1 Å². The summed E-state index contributed by atoms with van der Waals surface area (Å²) in [5.74, 6) is 2.21. The first-order chi connectivity index (χ1) is 10.2. The molecule has 2 fully saturated rings. The molecule has 5 nitrogen and oxygen atoms in total. The Hall–Kier alpha value is -1.75. The van der Waals surface area contributed by atoms with Crippen LogP contribution < -0.4 is 15.4 Å². The Morgan fingerprint density at radius 2 is 2.10 bits per heavy atom. The lowest BCUT2D eigenvalue weighted by Gasteiger charge is -2.46. The number of aliphatic imine (C=N–C) groups is 1. The van der Waals surface area contributed by atoms with Crippen molar-refractivity contribution in [1.82, 2.24) is 4.90 Å². The first-order valence-electron chi connectivity index (χ1n) is 7.69. The minimum Gasteiger partial charge on any atom is -0.497 e. The van der Waals surface area contributed by atoms with Crippen LogP contribution in [-0.2, 0) is 0 Å². The number of methoxy groups -OCH3 is 1. The molecule has 2 N–H and O–H groups in total. The lowest BCUT2D eigenvalue weighted by atomic mass is 9.77. The van der Waals surface area contributed by atoms with Gasteiger partial charge in [0.1, 0.15) is 5.75 Å². The number of benzene rings is 1. The number of hydrogen-bond acceptors (Lipinski definition) is 5. The summed E-state index contributed by atoms with van der Waals surface area (Å²) in [5.41, 5.74) is 7.47. The molecular weight excluding hydrogens is 264 g/mol. The Bertz CT molecular complexity index is 570. The van der Waals surface area contributed by atoms with Crippen molar-refractivity contribution in [2.24, 2.45) is 16.6 Å². The number of rotatable bonds is 2. The molecule has 1 spiro atoms. The van der Waals surface area contributed by atoms with E-state index in [2.05, 4.69) is 26.9 Å². The van der Waals surface area contributed by atoms with Gasteiger partial charge in [0.15, 0.2) is 5.96 Å². The quantitative estimate of drug-likeness (QED) is 0.890. The molecule has 3 aliphatic rings. The van der Waals surface area contributed by atoms with Gasteiger partial charge in [0.05, 0.1) is 19.2 Å². The normalized spacial score (nSPS) is 34.3. The molecule has 4 rings (SSSR count). The van der Waals surface area contributed by atoms with Crippen molar-refractivity contribution in [1.29, 1.82) is 0 Å². The first kappa shape index (κ1) is 13.0. The van der Waals surface area contributed by atoms with Crippen LogP contribution in [0.4, 0.5) is 5.69 Å². The summed E-state index contributed by atoms with van der Waals surface area (Å²) >= 11 is 0. The number of nitrogens with zero attached hydrogens (tertiary/aromatic N) is 3. The van der Waals surface area contributed by atoms with Crippen LogP contribution in [0.3, 0.4) is 0 Å². The maximum atomic E-state index is 6.25. The van der Waals surface area contributed by atoms with Crippen LogP contribution in [0.1, 0.15) is 12.8 Å². The van der Waals surface area contributed by atoms with Gasteiger partial charge in [-0.3, -0.25) is 4.99 Å². The predicted octanol–water partition coefficient (Wildman–Crippen LogP) is 1.29. The number of piperidine rings is 1. The molecule has 0 amide bonds. The highest BCUT2D eigenvalue weighted by Gasteiger charge is 2.53. The molecule has 1 aromatic rings. The average molecular weight is 286 g/mol. The van der Waals surface area contributed by atoms with Crippen molar-refractivity contribution in [3.05, 3.63) is 24.3 Å². The minimum atomic E-state index is 0.0890. The molecule has 3 unspecified atom stereocenters. The molecule has 21 heavy (non-hydrogen) atoms. The van der Waals surface area contributed by atoms with E-state index >= 15 is 0 Å². The maximum absolute atomic E-state index is 6.25. The molecule has 3 atom stereocenters. The van der Waals surface area contributed by atoms with Gasteiger partial charge in [-0.25, -0.2) is 0 Å². The van der Waals surface area contributed by atoms with Gasteiger partial charge in [-0.05, 0) is 49.6 Å². The summed E-state index contributed by atoms with van der Waals surface area (Å²) in [5, 5.41) is 0. The summed E-state index contributed by atoms with van der Waals surface area (Å²) in [6.07, 6.45) is 2.41. The van der Waals surface area contributed by atoms with Crippen LogP contribution in [-0.4, -0.2) is 49.7 Å². The smallest absolute Gasteiger partial charge is 0.196 e. The van der Waals surface area contributed by atoms with E-state index in [-0.39, 0.29) is 5.54 Å². The van der Waals surface area contributed by atoms with Crippen molar-refractivity contribution in [3.8, 4) is 5.75 Å². The Kier molecular flexibility index (Phi) is 2.85. The lowest BCUT2D eigenvalue weighted by molar-refractivity contribution is 0.182. The number of ether oxygens (including phenoxy) is 1. The summed E-state index contributed by atoms with van der Waals surface area (Å²) in [6.45, 7) is 4.41. The number of hydrogen-bond donors (Lipinski definition) is 1. The summed E-state index contributed by atoms with van der Waals surface area (Å²) in [4.78, 5) is 9.46. The summed E-state index contributed by atoms with van der Waals surface area (Å²) in [7, 11) is 1.69. The lowest BCUT2D eigenvalue weighted by Crippen LogP contribution is -2.60. The molecule has 5 heteroatoms. The average Bonchev–Trinajstić information content (AvgIpc) is 3.07. The second-order valence-electron chi connectivity index (χ2n) is 6.35. The zero-order chi connectivity index (χ0) is 14.4. The molecule has 112 valence electrons. The van der Waals surface area contributed by atoms with E-state index in [0.717, 1.165) is 30.9 Å². The van der Waals surface area contributed by atoms with Gasteiger partial charge in [-0.15, -0.1) is 0 Å². The number of fused-ring (bicyclic) bond motifs is 3. The van der Waals surface area contributed by atoms with Crippen molar-refractivity contribution in [2.45, 2.75) is 18.4 Å². The minimum absolute atomic E-state index is 0.0890. The Morgan fingerprint density at radius 3 is 2.86 bits per heavy atom. The molecule has 2 bridgehead atoms. The fourth-order valence-corrected chi connectivity index (χ4v) is 4.24.